The van der Waals surface area contributed by atoms with Crippen LogP contribution in [0, 0.1) is 46.3 Å². The number of ketones is 1. The molecule has 4 rings (SSSR count). The van der Waals surface area contributed by atoms with Gasteiger partial charge in [-0.3, -0.25) is 4.79 Å². The number of fused-ring (bicyclic) bond motifs is 5. The monoisotopic (exact) mass is 514 g/mol. The summed E-state index contributed by atoms with van der Waals surface area (Å²) in [5.41, 5.74) is 2.08. The zero-order valence-corrected chi connectivity index (χ0v) is 26.5. The SMILES string of the molecule is CC(C)CCCC(C)C1CCC2C3C(O[Si](C)(C)C(C)(C)C)C=C4CC(=O)CCC4(C)C3CCC12C. The summed E-state index contributed by atoms with van der Waals surface area (Å²) in [6.07, 6.45) is 14.9. The lowest BCUT2D eigenvalue weighted by Gasteiger charge is -2.60. The Morgan fingerprint density at radius 2 is 1.72 bits per heavy atom. The summed E-state index contributed by atoms with van der Waals surface area (Å²) in [4.78, 5) is 12.6. The predicted molar refractivity (Wildman–Crippen MR) is 156 cm³/mol. The molecule has 4 aliphatic rings. The molecule has 3 heteroatoms. The lowest BCUT2D eigenvalue weighted by molar-refractivity contribution is -0.124. The highest BCUT2D eigenvalue weighted by atomic mass is 28.4. The van der Waals surface area contributed by atoms with Crippen molar-refractivity contribution in [2.45, 2.75) is 144 Å². The Labute approximate surface area is 224 Å². The molecule has 0 heterocycles. The average Bonchev–Trinajstić information content (AvgIpc) is 3.10. The molecule has 0 amide bonds. The lowest BCUT2D eigenvalue weighted by Crippen LogP contribution is -2.57. The first-order chi connectivity index (χ1) is 16.6. The Morgan fingerprint density at radius 1 is 1.03 bits per heavy atom. The number of hydrogen-bond acceptors (Lipinski definition) is 2. The molecule has 0 N–H and O–H groups in total. The third-order valence-corrected chi connectivity index (χ3v) is 16.9. The van der Waals surface area contributed by atoms with Gasteiger partial charge < -0.3 is 4.43 Å². The van der Waals surface area contributed by atoms with E-state index in [4.69, 9.17) is 4.43 Å². The molecule has 0 bridgehead atoms. The van der Waals surface area contributed by atoms with E-state index in [9.17, 15) is 4.79 Å². The number of allylic oxidation sites excluding steroid dienone is 1. The highest BCUT2D eigenvalue weighted by Crippen LogP contribution is 2.67. The van der Waals surface area contributed by atoms with E-state index in [1.54, 1.807) is 0 Å². The second kappa shape index (κ2) is 9.96. The third kappa shape index (κ3) is 4.98. The van der Waals surface area contributed by atoms with Gasteiger partial charge in [0.2, 0.25) is 0 Å². The number of carbonyl (C=O) groups is 1. The maximum Gasteiger partial charge on any atom is 0.192 e. The molecule has 0 radical (unpaired) electrons. The molecule has 8 unspecified atom stereocenters. The molecule has 0 aliphatic heterocycles. The van der Waals surface area contributed by atoms with E-state index in [2.05, 4.69) is 74.6 Å². The Hall–Kier alpha value is -0.413. The van der Waals surface area contributed by atoms with Crippen molar-refractivity contribution >= 4 is 14.1 Å². The minimum Gasteiger partial charge on any atom is -0.410 e. The highest BCUT2D eigenvalue weighted by Gasteiger charge is 2.62. The first kappa shape index (κ1) is 28.6. The fourth-order valence-electron chi connectivity index (χ4n) is 9.09. The smallest absolute Gasteiger partial charge is 0.192 e. The van der Waals surface area contributed by atoms with Crippen LogP contribution in [0.3, 0.4) is 0 Å². The summed E-state index contributed by atoms with van der Waals surface area (Å²) in [5.74, 6) is 5.00. The molecule has 4 aliphatic carbocycles. The van der Waals surface area contributed by atoms with Gasteiger partial charge in [-0.05, 0) is 96.6 Å². The minimum absolute atomic E-state index is 0.199. The molecule has 3 saturated carbocycles. The number of rotatable bonds is 7. The molecule has 0 aromatic carbocycles. The van der Waals surface area contributed by atoms with E-state index in [0.717, 1.165) is 36.5 Å². The van der Waals surface area contributed by atoms with Gasteiger partial charge in [0.25, 0.3) is 0 Å². The van der Waals surface area contributed by atoms with Crippen molar-refractivity contribution in [3.05, 3.63) is 11.6 Å². The molecule has 3 fully saturated rings. The van der Waals surface area contributed by atoms with E-state index in [1.165, 1.54) is 50.5 Å². The predicted octanol–water partition coefficient (Wildman–Crippen LogP) is 9.60. The van der Waals surface area contributed by atoms with Crippen LogP contribution in [-0.2, 0) is 9.22 Å². The summed E-state index contributed by atoms with van der Waals surface area (Å²) in [7, 11) is -1.93. The van der Waals surface area contributed by atoms with Crippen LogP contribution < -0.4 is 0 Å². The maximum atomic E-state index is 12.6. The van der Waals surface area contributed by atoms with Crippen LogP contribution in [0.2, 0.25) is 18.1 Å². The maximum absolute atomic E-state index is 12.6. The highest BCUT2D eigenvalue weighted by molar-refractivity contribution is 6.74. The van der Waals surface area contributed by atoms with Crippen LogP contribution >= 0.6 is 0 Å². The summed E-state index contributed by atoms with van der Waals surface area (Å²) in [6.45, 7) is 24.5. The van der Waals surface area contributed by atoms with Crippen LogP contribution in [0.5, 0.6) is 0 Å². The Bertz CT molecular complexity index is 850. The van der Waals surface area contributed by atoms with Gasteiger partial charge in [0.05, 0.1) is 6.10 Å². The van der Waals surface area contributed by atoms with Gasteiger partial charge in [0.1, 0.15) is 5.78 Å². The van der Waals surface area contributed by atoms with Crippen molar-refractivity contribution < 1.29 is 9.22 Å². The van der Waals surface area contributed by atoms with Crippen molar-refractivity contribution in [2.75, 3.05) is 0 Å². The zero-order valence-electron chi connectivity index (χ0n) is 25.5. The van der Waals surface area contributed by atoms with Crippen LogP contribution in [-0.4, -0.2) is 20.2 Å². The van der Waals surface area contributed by atoms with Crippen molar-refractivity contribution in [3.8, 4) is 0 Å². The quantitative estimate of drug-likeness (QED) is 0.250. The summed E-state index contributed by atoms with van der Waals surface area (Å²) in [6, 6.07) is 0. The third-order valence-electron chi connectivity index (χ3n) is 12.4. The molecular weight excluding hydrogens is 456 g/mol. The Balaban J connectivity index is 1.66. The largest absolute Gasteiger partial charge is 0.410 e. The van der Waals surface area contributed by atoms with Crippen LogP contribution in [0.4, 0.5) is 0 Å². The van der Waals surface area contributed by atoms with Gasteiger partial charge in [-0.2, -0.15) is 0 Å². The summed E-state index contributed by atoms with van der Waals surface area (Å²) < 4.78 is 7.33. The van der Waals surface area contributed by atoms with E-state index in [1.807, 2.05) is 0 Å². The average molecular weight is 515 g/mol. The van der Waals surface area contributed by atoms with E-state index >= 15 is 0 Å². The van der Waals surface area contributed by atoms with Gasteiger partial charge >= 0.3 is 0 Å². The van der Waals surface area contributed by atoms with Crippen molar-refractivity contribution in [1.29, 1.82) is 0 Å². The molecule has 36 heavy (non-hydrogen) atoms. The van der Waals surface area contributed by atoms with Crippen LogP contribution in [0.25, 0.3) is 0 Å². The van der Waals surface area contributed by atoms with Crippen molar-refractivity contribution in [2.24, 2.45) is 46.3 Å². The summed E-state index contributed by atoms with van der Waals surface area (Å²) >= 11 is 0. The van der Waals surface area contributed by atoms with Crippen LogP contribution in [0.15, 0.2) is 11.6 Å². The van der Waals surface area contributed by atoms with Gasteiger partial charge in [-0.25, -0.2) is 0 Å². The lowest BCUT2D eigenvalue weighted by atomic mass is 9.46. The molecule has 0 saturated heterocycles. The molecule has 0 spiro atoms. The molecule has 206 valence electrons. The Morgan fingerprint density at radius 3 is 2.36 bits per heavy atom. The fourth-order valence-corrected chi connectivity index (χ4v) is 10.4. The standard InChI is InChI=1S/C33H58O2Si/c1-22(2)12-11-13-23(3)26-14-15-27-30-28(17-19-33(26,27)8)32(7)18-16-25(34)20-24(32)21-29(30)35-36(9,10)31(4,5)6/h21-23,26-30H,11-20H2,1-10H3. The Kier molecular flexibility index (Phi) is 7.91. The first-order valence-electron chi connectivity index (χ1n) is 15.5. The molecule has 0 aromatic heterocycles. The van der Waals surface area contributed by atoms with E-state index in [-0.39, 0.29) is 16.6 Å². The molecule has 8 atom stereocenters. The first-order valence-corrected chi connectivity index (χ1v) is 18.4. The molecule has 0 aromatic rings. The second-order valence-electron chi connectivity index (χ2n) is 16.0. The van der Waals surface area contributed by atoms with Crippen molar-refractivity contribution in [1.82, 2.24) is 0 Å². The van der Waals surface area contributed by atoms with Crippen molar-refractivity contribution in [3.63, 3.8) is 0 Å². The van der Waals surface area contributed by atoms with Gasteiger partial charge in [-0.15, -0.1) is 0 Å². The molecular formula is C33H58O2Si. The van der Waals surface area contributed by atoms with E-state index in [0.29, 0.717) is 29.5 Å². The topological polar surface area (TPSA) is 26.3 Å². The number of Topliss-reactive ketones (excluding diaryl/α,β-unsaturated/α-hetero) is 1. The minimum atomic E-state index is -1.93. The van der Waals surface area contributed by atoms with Gasteiger partial charge in [0, 0.05) is 12.8 Å². The van der Waals surface area contributed by atoms with Gasteiger partial charge in [0.15, 0.2) is 8.32 Å². The second-order valence-corrected chi connectivity index (χ2v) is 20.7. The summed E-state index contributed by atoms with van der Waals surface area (Å²) in [5, 5.41) is 0.200. The zero-order chi connectivity index (χ0) is 26.7. The van der Waals surface area contributed by atoms with E-state index < -0.39 is 8.32 Å². The molecule has 2 nitrogen and oxygen atoms in total. The number of carbonyl (C=O) groups excluding carboxylic acids is 1. The normalized spacial score (nSPS) is 39.9. The fraction of sp³-hybridized carbons (Fsp3) is 0.909. The number of hydrogen-bond donors (Lipinski definition) is 0. The van der Waals surface area contributed by atoms with Gasteiger partial charge in [-0.1, -0.05) is 86.3 Å². The van der Waals surface area contributed by atoms with Crippen LogP contribution in [0.1, 0.15) is 120 Å².